The molecule has 0 bridgehead atoms. The van der Waals surface area contributed by atoms with Gasteiger partial charge in [0, 0.05) is 30.1 Å². The molecule has 2 rings (SSSR count). The fourth-order valence-electron chi connectivity index (χ4n) is 2.37. The van der Waals surface area contributed by atoms with Crippen molar-refractivity contribution in [2.75, 3.05) is 11.9 Å². The van der Waals surface area contributed by atoms with Crippen LogP contribution >= 0.6 is 0 Å². The Morgan fingerprint density at radius 3 is 2.67 bits per heavy atom. The van der Waals surface area contributed by atoms with Crippen LogP contribution in [0.3, 0.4) is 0 Å². The van der Waals surface area contributed by atoms with Crippen molar-refractivity contribution in [3.05, 3.63) is 40.8 Å². The summed E-state index contributed by atoms with van der Waals surface area (Å²) in [4.78, 5) is 35.0. The second-order valence-corrected chi connectivity index (χ2v) is 5.53. The normalized spacial score (nSPS) is 11.9. The lowest BCUT2D eigenvalue weighted by Crippen LogP contribution is -2.42. The van der Waals surface area contributed by atoms with Crippen LogP contribution in [0.4, 0.5) is 5.69 Å². The van der Waals surface area contributed by atoms with Crippen molar-refractivity contribution in [1.29, 1.82) is 0 Å². The summed E-state index contributed by atoms with van der Waals surface area (Å²) in [6.07, 6.45) is 2.03. The van der Waals surface area contributed by atoms with Crippen molar-refractivity contribution in [3.63, 3.8) is 0 Å². The Hall–Kier alpha value is -2.67. The Morgan fingerprint density at radius 1 is 1.21 bits per heavy atom. The lowest BCUT2D eigenvalue weighted by Gasteiger charge is -2.17. The first-order valence-electron chi connectivity index (χ1n) is 7.81. The van der Waals surface area contributed by atoms with Gasteiger partial charge in [-0.15, -0.1) is 0 Å². The highest BCUT2D eigenvalue weighted by atomic mass is 16.4. The number of anilines is 1. The molecule has 0 spiro atoms. The van der Waals surface area contributed by atoms with Crippen LogP contribution in [0.15, 0.2) is 39.5 Å². The molecule has 4 N–H and O–H groups in total. The highest BCUT2D eigenvalue weighted by molar-refractivity contribution is 5.98. The molecule has 0 saturated carbocycles. The number of fused-ring (bicyclic) bond motifs is 1. The second kappa shape index (κ2) is 8.26. The Bertz CT molecular complexity index is 785. The van der Waals surface area contributed by atoms with Crippen molar-refractivity contribution in [3.8, 4) is 0 Å². The predicted octanol–water partition coefficient (Wildman–Crippen LogP) is 1.37. The van der Waals surface area contributed by atoms with Gasteiger partial charge in [0.1, 0.15) is 11.6 Å². The summed E-state index contributed by atoms with van der Waals surface area (Å²) in [5.74, 6) is -0.591. The minimum Gasteiger partial charge on any atom is -0.423 e. The molecule has 0 fully saturated rings. The minimum absolute atomic E-state index is 0.271. The van der Waals surface area contributed by atoms with Gasteiger partial charge in [0.05, 0.1) is 0 Å². The first kappa shape index (κ1) is 17.7. The van der Waals surface area contributed by atoms with E-state index >= 15 is 0 Å². The van der Waals surface area contributed by atoms with Crippen LogP contribution in [0.1, 0.15) is 26.2 Å². The maximum Gasteiger partial charge on any atom is 0.336 e. The average Bonchev–Trinajstić information content (AvgIpc) is 2.53. The standard InChI is InChI=1S/C17H21N3O4/c1-11(21)19-14(4-2-3-9-18)17(23)20-13-7-5-12-6-8-16(22)24-15(12)10-13/h5-8,10,14H,2-4,9,18H2,1H3,(H,19,21)(H,20,23)/t14-/m0/s1. The molecule has 1 aromatic heterocycles. The van der Waals surface area contributed by atoms with Crippen molar-refractivity contribution in [2.24, 2.45) is 5.73 Å². The number of benzene rings is 1. The monoisotopic (exact) mass is 331 g/mol. The Morgan fingerprint density at radius 2 is 1.96 bits per heavy atom. The molecule has 0 radical (unpaired) electrons. The molecular formula is C17H21N3O4. The highest BCUT2D eigenvalue weighted by Gasteiger charge is 2.19. The maximum atomic E-state index is 12.4. The summed E-state index contributed by atoms with van der Waals surface area (Å²) in [5.41, 5.74) is 5.89. The summed E-state index contributed by atoms with van der Waals surface area (Å²) in [7, 11) is 0. The molecule has 1 atom stereocenters. The molecule has 0 aliphatic heterocycles. The summed E-state index contributed by atoms with van der Waals surface area (Å²) in [5, 5.41) is 6.14. The number of carbonyl (C=O) groups is 2. The SMILES string of the molecule is CC(=O)N[C@@H](CCCCN)C(=O)Nc1ccc2ccc(=O)oc2c1. The number of carbonyl (C=O) groups excluding carboxylic acids is 2. The molecule has 0 aliphatic carbocycles. The van der Waals surface area contributed by atoms with Gasteiger partial charge in [-0.05, 0) is 44.0 Å². The van der Waals surface area contributed by atoms with Crippen molar-refractivity contribution < 1.29 is 14.0 Å². The van der Waals surface area contributed by atoms with Gasteiger partial charge in [-0.1, -0.05) is 0 Å². The Balaban J connectivity index is 2.12. The molecule has 0 aliphatic rings. The van der Waals surface area contributed by atoms with Gasteiger partial charge >= 0.3 is 5.63 Å². The zero-order valence-electron chi connectivity index (χ0n) is 13.5. The van der Waals surface area contributed by atoms with E-state index in [-0.39, 0.29) is 11.8 Å². The van der Waals surface area contributed by atoms with E-state index in [1.165, 1.54) is 13.0 Å². The van der Waals surface area contributed by atoms with Gasteiger partial charge in [-0.2, -0.15) is 0 Å². The van der Waals surface area contributed by atoms with E-state index in [0.717, 1.165) is 18.2 Å². The highest BCUT2D eigenvalue weighted by Crippen LogP contribution is 2.18. The molecule has 0 saturated heterocycles. The van der Waals surface area contributed by atoms with Gasteiger partial charge in [0.2, 0.25) is 11.8 Å². The van der Waals surface area contributed by atoms with E-state index in [2.05, 4.69) is 10.6 Å². The van der Waals surface area contributed by atoms with E-state index in [9.17, 15) is 14.4 Å². The number of rotatable bonds is 7. The molecule has 7 nitrogen and oxygen atoms in total. The van der Waals surface area contributed by atoms with Crippen LogP contribution < -0.4 is 22.0 Å². The molecule has 2 amide bonds. The van der Waals surface area contributed by atoms with Crippen LogP contribution in [0, 0.1) is 0 Å². The molecule has 2 aromatic rings. The number of nitrogens with one attached hydrogen (secondary N) is 2. The first-order chi connectivity index (χ1) is 11.5. The molecule has 7 heteroatoms. The van der Waals surface area contributed by atoms with E-state index in [4.69, 9.17) is 10.2 Å². The summed E-state index contributed by atoms with van der Waals surface area (Å²) >= 11 is 0. The molecular weight excluding hydrogens is 310 g/mol. The van der Waals surface area contributed by atoms with Crippen molar-refractivity contribution in [2.45, 2.75) is 32.2 Å². The summed E-state index contributed by atoms with van der Waals surface area (Å²) in [6.45, 7) is 1.91. The average molecular weight is 331 g/mol. The van der Waals surface area contributed by atoms with E-state index in [1.807, 2.05) is 0 Å². The Kier molecular flexibility index (Phi) is 6.08. The van der Waals surface area contributed by atoms with Crippen LogP contribution in [-0.2, 0) is 9.59 Å². The topological polar surface area (TPSA) is 114 Å². The number of hydrogen-bond donors (Lipinski definition) is 3. The first-order valence-corrected chi connectivity index (χ1v) is 7.81. The number of nitrogens with two attached hydrogens (primary N) is 1. The third-order valence-electron chi connectivity index (χ3n) is 3.53. The van der Waals surface area contributed by atoms with Crippen LogP contribution in [0.2, 0.25) is 0 Å². The summed E-state index contributed by atoms with van der Waals surface area (Å²) in [6, 6.07) is 7.40. The largest absolute Gasteiger partial charge is 0.423 e. The van der Waals surface area contributed by atoms with Crippen LogP contribution in [0.25, 0.3) is 11.0 Å². The van der Waals surface area contributed by atoms with E-state index in [1.54, 1.807) is 24.3 Å². The molecule has 0 unspecified atom stereocenters. The van der Waals surface area contributed by atoms with E-state index in [0.29, 0.717) is 24.2 Å². The minimum atomic E-state index is -0.632. The van der Waals surface area contributed by atoms with Gasteiger partial charge < -0.3 is 20.8 Å². The van der Waals surface area contributed by atoms with Gasteiger partial charge in [0.25, 0.3) is 0 Å². The van der Waals surface area contributed by atoms with Gasteiger partial charge in [0.15, 0.2) is 0 Å². The summed E-state index contributed by atoms with van der Waals surface area (Å²) < 4.78 is 5.10. The van der Waals surface area contributed by atoms with Gasteiger partial charge in [-0.3, -0.25) is 9.59 Å². The fourth-order valence-corrected chi connectivity index (χ4v) is 2.37. The zero-order valence-corrected chi connectivity index (χ0v) is 13.5. The molecule has 128 valence electrons. The van der Waals surface area contributed by atoms with Crippen LogP contribution in [-0.4, -0.2) is 24.4 Å². The maximum absolute atomic E-state index is 12.4. The zero-order chi connectivity index (χ0) is 17.5. The number of amides is 2. The third-order valence-corrected chi connectivity index (χ3v) is 3.53. The second-order valence-electron chi connectivity index (χ2n) is 5.53. The smallest absolute Gasteiger partial charge is 0.336 e. The third kappa shape index (κ3) is 4.92. The molecule has 1 aromatic carbocycles. The van der Waals surface area contributed by atoms with Crippen molar-refractivity contribution in [1.82, 2.24) is 5.32 Å². The predicted molar refractivity (Wildman–Crippen MR) is 91.6 cm³/mol. The quantitative estimate of drug-likeness (QED) is 0.523. The van der Waals surface area contributed by atoms with E-state index < -0.39 is 11.7 Å². The Labute approximate surface area is 139 Å². The lowest BCUT2D eigenvalue weighted by atomic mass is 10.1. The van der Waals surface area contributed by atoms with Gasteiger partial charge in [-0.25, -0.2) is 4.79 Å². The number of hydrogen-bond acceptors (Lipinski definition) is 5. The number of unbranched alkanes of at least 4 members (excludes halogenated alkanes) is 1. The van der Waals surface area contributed by atoms with Crippen molar-refractivity contribution >= 4 is 28.5 Å². The molecule has 24 heavy (non-hydrogen) atoms. The lowest BCUT2D eigenvalue weighted by molar-refractivity contribution is -0.125. The molecule has 1 heterocycles. The van der Waals surface area contributed by atoms with Crippen LogP contribution in [0.5, 0.6) is 0 Å². The fraction of sp³-hybridized carbons (Fsp3) is 0.353.